The number of aryl methyl sites for hydroxylation is 1. The van der Waals surface area contributed by atoms with Crippen molar-refractivity contribution in [3.8, 4) is 0 Å². The molecule has 2 fully saturated rings. The number of hydrogen-bond donors (Lipinski definition) is 1. The molecule has 0 amide bonds. The zero-order valence-corrected chi connectivity index (χ0v) is 36.8. The van der Waals surface area contributed by atoms with Crippen LogP contribution in [0, 0.1) is 0 Å². The van der Waals surface area contributed by atoms with Gasteiger partial charge in [-0.2, -0.15) is 26.3 Å². The highest BCUT2D eigenvalue weighted by atomic mass is 35.5. The molecule has 2 aliphatic heterocycles. The summed E-state index contributed by atoms with van der Waals surface area (Å²) in [5, 5.41) is 1.24. The monoisotopic (exact) mass is 963 g/mol. The van der Waals surface area contributed by atoms with Crippen LogP contribution in [0.5, 0.6) is 0 Å². The van der Waals surface area contributed by atoms with E-state index in [0.717, 1.165) is 11.1 Å². The number of nitrogens with zero attached hydrogens (tertiary/aromatic N) is 2. The van der Waals surface area contributed by atoms with Crippen LogP contribution in [0.25, 0.3) is 0 Å². The molecule has 0 bridgehead atoms. The molecule has 0 aromatic heterocycles. The zero-order valence-electron chi connectivity index (χ0n) is 31.5. The second kappa shape index (κ2) is 20.1. The molecule has 59 heavy (non-hydrogen) atoms. The van der Waals surface area contributed by atoms with Gasteiger partial charge in [-0.25, -0.2) is 0 Å². The maximum atomic E-state index is 14.2. The van der Waals surface area contributed by atoms with Crippen LogP contribution in [-0.4, -0.2) is 49.6 Å². The van der Waals surface area contributed by atoms with E-state index in [1.165, 1.54) is 50.2 Å². The minimum atomic E-state index is -4.47. The Morgan fingerprint density at radius 3 is 1.29 bits per heavy atom. The summed E-state index contributed by atoms with van der Waals surface area (Å²) in [4.78, 5) is 23.7. The van der Waals surface area contributed by atoms with E-state index in [0.29, 0.717) is 34.3 Å². The van der Waals surface area contributed by atoms with Gasteiger partial charge in [0.1, 0.15) is 16.6 Å². The molecule has 0 spiro atoms. The highest BCUT2D eigenvalue weighted by Crippen LogP contribution is 2.51. The second-order valence-corrected chi connectivity index (χ2v) is 17.3. The van der Waals surface area contributed by atoms with E-state index in [1.54, 1.807) is 46.2 Å². The fourth-order valence-corrected chi connectivity index (χ4v) is 8.70. The molecule has 0 saturated carbocycles. The molecular weight excluding hydrogens is 929 g/mol. The number of rotatable bonds is 8. The number of nitrogens with two attached hydrogens (primary N) is 1. The second-order valence-electron chi connectivity index (χ2n) is 14.2. The summed E-state index contributed by atoms with van der Waals surface area (Å²) in [7, 11) is 0. The summed E-state index contributed by atoms with van der Waals surface area (Å²) in [6.45, 7) is 3.04. The molecule has 2 aliphatic rings. The highest BCUT2D eigenvalue weighted by Gasteiger charge is 2.60. The van der Waals surface area contributed by atoms with Crippen LogP contribution < -0.4 is 15.5 Å². The lowest BCUT2D eigenvalue weighted by molar-refractivity contribution is -0.185. The average molecular weight is 967 g/mol. The first-order valence-corrected chi connectivity index (χ1v) is 20.5. The standard InChI is InChI=1S/C21H19Cl3F3NO.C18H16Cl3F3N2.C2H3ClO/c1-13(29)2-3-14-4-5-18(11-19(14)24)28-7-6-20(12-28,21(25,26)27)15-8-16(22)10-17(23)9-15;19-13-5-12(6-14(20)7-13)17(18(22,23)24)3-4-26(10-17)15-2-1-11(9-25)16(21)8-15;1-2(3)4/h4-5,8-11H,2-3,6-7,12H2,1H3;1-2,5-8H,3-4,9-10,25H2;1H3. The molecule has 2 N–H and O–H groups in total. The van der Waals surface area contributed by atoms with E-state index in [4.69, 9.17) is 75.3 Å². The molecule has 5 nitrogen and oxygen atoms in total. The van der Waals surface area contributed by atoms with Crippen LogP contribution in [0.3, 0.4) is 0 Å². The average Bonchev–Trinajstić information content (AvgIpc) is 3.78. The van der Waals surface area contributed by atoms with Crippen molar-refractivity contribution in [2.75, 3.05) is 36.0 Å². The van der Waals surface area contributed by atoms with Crippen LogP contribution in [0.1, 0.15) is 55.4 Å². The number of carbonyl (C=O) groups is 2. The van der Waals surface area contributed by atoms with E-state index in [9.17, 15) is 35.9 Å². The summed E-state index contributed by atoms with van der Waals surface area (Å²) >= 11 is 41.0. The molecule has 0 radical (unpaired) electrons. The van der Waals surface area contributed by atoms with Crippen molar-refractivity contribution in [2.45, 2.75) is 69.3 Å². The lowest BCUT2D eigenvalue weighted by Crippen LogP contribution is -2.44. The number of benzene rings is 4. The molecule has 2 saturated heterocycles. The van der Waals surface area contributed by atoms with Crippen LogP contribution >= 0.6 is 81.2 Å². The highest BCUT2D eigenvalue weighted by molar-refractivity contribution is 6.62. The Hall–Kier alpha value is -2.61. The largest absolute Gasteiger partial charge is 0.400 e. The molecule has 2 unspecified atom stereocenters. The third-order valence-electron chi connectivity index (χ3n) is 10.2. The van der Waals surface area contributed by atoms with Gasteiger partial charge in [-0.15, -0.1) is 0 Å². The number of Topliss-reactive ketones (excluding diaryl/α,β-unsaturated/α-hetero) is 1. The summed E-state index contributed by atoms with van der Waals surface area (Å²) in [6.07, 6.45) is -8.25. The van der Waals surface area contributed by atoms with Gasteiger partial charge in [0.2, 0.25) is 5.24 Å². The SMILES string of the molecule is CC(=O)CCc1ccc(N2CCC(c3cc(Cl)cc(Cl)c3)(C(F)(F)F)C2)cc1Cl.CC(=O)Cl.NCc1ccc(N2CCC(c3cc(Cl)cc(Cl)c3)(C(F)(F)F)C2)cc1Cl. The van der Waals surface area contributed by atoms with Crippen molar-refractivity contribution >= 4 is 104 Å². The van der Waals surface area contributed by atoms with Gasteiger partial charge in [0.25, 0.3) is 0 Å². The van der Waals surface area contributed by atoms with E-state index >= 15 is 0 Å². The van der Waals surface area contributed by atoms with Gasteiger partial charge >= 0.3 is 12.4 Å². The van der Waals surface area contributed by atoms with Crippen molar-refractivity contribution in [3.63, 3.8) is 0 Å². The molecular formula is C41H38Cl7F6N3O2. The molecule has 2 atom stereocenters. The van der Waals surface area contributed by atoms with Gasteiger partial charge < -0.3 is 20.3 Å². The molecule has 2 heterocycles. The van der Waals surface area contributed by atoms with Gasteiger partial charge in [-0.05, 0) is 121 Å². The first kappa shape index (κ1) is 49.0. The lowest BCUT2D eigenvalue weighted by Gasteiger charge is -2.33. The third kappa shape index (κ3) is 12.1. The predicted octanol–water partition coefficient (Wildman–Crippen LogP) is 13.5. The van der Waals surface area contributed by atoms with E-state index in [-0.39, 0.29) is 87.8 Å². The number of carbonyl (C=O) groups excluding carboxylic acids is 2. The normalized spacial score (nSPS) is 19.2. The van der Waals surface area contributed by atoms with Crippen molar-refractivity contribution in [1.29, 1.82) is 0 Å². The Morgan fingerprint density at radius 1 is 0.627 bits per heavy atom. The minimum absolute atomic E-state index is 0.0554. The Kier molecular flexibility index (Phi) is 16.7. The molecule has 18 heteroatoms. The minimum Gasteiger partial charge on any atom is -0.370 e. The smallest absolute Gasteiger partial charge is 0.370 e. The van der Waals surface area contributed by atoms with E-state index in [1.807, 2.05) is 0 Å². The molecule has 0 aliphatic carbocycles. The van der Waals surface area contributed by atoms with Crippen LogP contribution in [0.2, 0.25) is 30.1 Å². The van der Waals surface area contributed by atoms with Crippen molar-refractivity contribution in [2.24, 2.45) is 5.73 Å². The Morgan fingerprint density at radius 2 is 0.983 bits per heavy atom. The number of alkyl halides is 6. The van der Waals surface area contributed by atoms with E-state index < -0.39 is 23.2 Å². The summed E-state index contributed by atoms with van der Waals surface area (Å²) in [6, 6.07) is 18.5. The van der Waals surface area contributed by atoms with Crippen molar-refractivity contribution in [3.05, 3.63) is 125 Å². The zero-order chi connectivity index (χ0) is 44.1. The molecule has 4 aromatic carbocycles. The Bertz CT molecular complexity index is 2110. The van der Waals surface area contributed by atoms with Gasteiger partial charge in [-0.1, -0.05) is 81.7 Å². The van der Waals surface area contributed by atoms with Crippen molar-refractivity contribution < 1.29 is 35.9 Å². The topological polar surface area (TPSA) is 66.6 Å². The van der Waals surface area contributed by atoms with Crippen LogP contribution in [0.4, 0.5) is 37.7 Å². The van der Waals surface area contributed by atoms with E-state index in [2.05, 4.69) is 11.6 Å². The van der Waals surface area contributed by atoms with Gasteiger partial charge in [0, 0.05) is 87.6 Å². The molecule has 320 valence electrons. The maximum absolute atomic E-state index is 14.2. The number of halogens is 13. The Balaban J connectivity index is 0.000000240. The number of anilines is 2. The van der Waals surface area contributed by atoms with Gasteiger partial charge in [-0.3, -0.25) is 4.79 Å². The lowest BCUT2D eigenvalue weighted by atomic mass is 9.79. The summed E-state index contributed by atoms with van der Waals surface area (Å²) in [5.74, 6) is 0.0554. The molecule has 6 rings (SSSR count). The summed E-state index contributed by atoms with van der Waals surface area (Å²) in [5.41, 5.74) is 4.41. The maximum Gasteiger partial charge on any atom is 0.400 e. The van der Waals surface area contributed by atoms with Crippen LogP contribution in [0.15, 0.2) is 72.8 Å². The van der Waals surface area contributed by atoms with Gasteiger partial charge in [0.15, 0.2) is 0 Å². The van der Waals surface area contributed by atoms with Gasteiger partial charge in [0.05, 0.1) is 0 Å². The number of hydrogen-bond acceptors (Lipinski definition) is 5. The fraction of sp³-hybridized carbons (Fsp3) is 0.366. The van der Waals surface area contributed by atoms with Crippen molar-refractivity contribution in [1.82, 2.24) is 0 Å². The third-order valence-corrected chi connectivity index (χ3v) is 11.8. The first-order chi connectivity index (χ1) is 27.4. The molecule has 4 aromatic rings. The van der Waals surface area contributed by atoms with Crippen LogP contribution in [-0.2, 0) is 33.4 Å². The summed E-state index contributed by atoms with van der Waals surface area (Å²) < 4.78 is 84.9. The first-order valence-electron chi connectivity index (χ1n) is 17.9. The fourth-order valence-electron chi connectivity index (χ4n) is 7.13. The Labute approximate surface area is 373 Å². The number of ketones is 1. The quantitative estimate of drug-likeness (QED) is 0.141. The predicted molar refractivity (Wildman–Crippen MR) is 228 cm³/mol.